The first-order valence-corrected chi connectivity index (χ1v) is 11.0. The maximum absolute atomic E-state index is 12.6. The van der Waals surface area contributed by atoms with E-state index in [0.717, 1.165) is 5.69 Å². The number of rotatable bonds is 6. The number of ketones is 1. The van der Waals surface area contributed by atoms with E-state index in [4.69, 9.17) is 9.26 Å². The number of sulfone groups is 1. The number of esters is 1. The highest BCUT2D eigenvalue weighted by molar-refractivity contribution is 7.91. The van der Waals surface area contributed by atoms with Gasteiger partial charge in [0.2, 0.25) is 5.78 Å². The van der Waals surface area contributed by atoms with Gasteiger partial charge in [-0.05, 0) is 39.7 Å². The SMILES string of the molecule is CCc1noc(C)c1C(=O)OCC(=O)c1cc(C)n([C@H]2CCS(=O)(=O)C2)c1C. The van der Waals surface area contributed by atoms with E-state index in [1.807, 2.05) is 18.4 Å². The number of aryl methyl sites for hydroxylation is 3. The van der Waals surface area contributed by atoms with Crippen LogP contribution in [-0.4, -0.2) is 48.0 Å². The van der Waals surface area contributed by atoms with Crippen molar-refractivity contribution >= 4 is 21.6 Å². The van der Waals surface area contributed by atoms with Crippen LogP contribution in [0.25, 0.3) is 0 Å². The molecule has 0 unspecified atom stereocenters. The van der Waals surface area contributed by atoms with Gasteiger partial charge in [0.05, 0.1) is 17.2 Å². The van der Waals surface area contributed by atoms with Crippen molar-refractivity contribution in [1.29, 1.82) is 0 Å². The summed E-state index contributed by atoms with van der Waals surface area (Å²) in [4.78, 5) is 25.0. The number of carbonyl (C=O) groups is 2. The van der Waals surface area contributed by atoms with Gasteiger partial charge in [0.25, 0.3) is 0 Å². The second-order valence-electron chi connectivity index (χ2n) is 7.12. The van der Waals surface area contributed by atoms with E-state index in [9.17, 15) is 18.0 Å². The van der Waals surface area contributed by atoms with Gasteiger partial charge >= 0.3 is 5.97 Å². The lowest BCUT2D eigenvalue weighted by atomic mass is 10.1. The number of Topliss-reactive ketones (excluding diaryl/α,β-unsaturated/α-hetero) is 1. The molecule has 2 aromatic heterocycles. The van der Waals surface area contributed by atoms with E-state index >= 15 is 0 Å². The predicted molar refractivity (Wildman–Crippen MR) is 101 cm³/mol. The Kier molecular flexibility index (Phi) is 5.47. The zero-order chi connectivity index (χ0) is 20.6. The van der Waals surface area contributed by atoms with Crippen LogP contribution in [0.3, 0.4) is 0 Å². The molecule has 9 heteroatoms. The molecule has 2 aromatic rings. The lowest BCUT2D eigenvalue weighted by Crippen LogP contribution is -2.17. The summed E-state index contributed by atoms with van der Waals surface area (Å²) in [6.07, 6.45) is 1.05. The first-order valence-electron chi connectivity index (χ1n) is 9.19. The average molecular weight is 408 g/mol. The van der Waals surface area contributed by atoms with Crippen molar-refractivity contribution in [2.45, 2.75) is 46.6 Å². The Bertz CT molecular complexity index is 1030. The third-order valence-corrected chi connectivity index (χ3v) is 6.92. The van der Waals surface area contributed by atoms with E-state index in [1.165, 1.54) is 0 Å². The molecular weight excluding hydrogens is 384 g/mol. The van der Waals surface area contributed by atoms with Crippen molar-refractivity contribution in [3.63, 3.8) is 0 Å². The Morgan fingerprint density at radius 2 is 2.04 bits per heavy atom. The molecule has 1 fully saturated rings. The summed E-state index contributed by atoms with van der Waals surface area (Å²) < 4.78 is 35.7. The molecule has 152 valence electrons. The van der Waals surface area contributed by atoms with E-state index in [-0.39, 0.29) is 28.9 Å². The first kappa shape index (κ1) is 20.3. The third-order valence-electron chi connectivity index (χ3n) is 5.17. The lowest BCUT2D eigenvalue weighted by molar-refractivity contribution is 0.0471. The fourth-order valence-corrected chi connectivity index (χ4v) is 5.50. The van der Waals surface area contributed by atoms with Gasteiger partial charge in [-0.15, -0.1) is 0 Å². The van der Waals surface area contributed by atoms with Crippen LogP contribution >= 0.6 is 0 Å². The molecule has 3 rings (SSSR count). The van der Waals surface area contributed by atoms with E-state index < -0.39 is 22.4 Å². The summed E-state index contributed by atoms with van der Waals surface area (Å²) in [5.74, 6) is -0.373. The van der Waals surface area contributed by atoms with Crippen molar-refractivity contribution in [2.75, 3.05) is 18.1 Å². The molecule has 3 heterocycles. The molecule has 0 saturated carbocycles. The van der Waals surface area contributed by atoms with Crippen molar-refractivity contribution in [3.8, 4) is 0 Å². The average Bonchev–Trinajstić information content (AvgIpc) is 3.27. The molecule has 28 heavy (non-hydrogen) atoms. The van der Waals surface area contributed by atoms with Gasteiger partial charge in [-0.25, -0.2) is 13.2 Å². The second kappa shape index (κ2) is 7.54. The van der Waals surface area contributed by atoms with E-state index in [2.05, 4.69) is 5.16 Å². The maximum Gasteiger partial charge on any atom is 0.344 e. The minimum absolute atomic E-state index is 0.0819. The number of aromatic nitrogens is 2. The lowest BCUT2D eigenvalue weighted by Gasteiger charge is -2.16. The fourth-order valence-electron chi connectivity index (χ4n) is 3.80. The van der Waals surface area contributed by atoms with Gasteiger partial charge in [-0.3, -0.25) is 4.79 Å². The van der Waals surface area contributed by atoms with Crippen LogP contribution in [0, 0.1) is 20.8 Å². The normalized spacial score (nSPS) is 18.4. The molecule has 1 atom stereocenters. The van der Waals surface area contributed by atoms with Gasteiger partial charge in [0.15, 0.2) is 16.4 Å². The topological polar surface area (TPSA) is 108 Å². The summed E-state index contributed by atoms with van der Waals surface area (Å²) in [6, 6.07) is 1.55. The Labute approximate surface area is 163 Å². The summed E-state index contributed by atoms with van der Waals surface area (Å²) in [5.41, 5.74) is 2.70. The molecule has 1 aliphatic rings. The highest BCUT2D eigenvalue weighted by Gasteiger charge is 2.32. The predicted octanol–water partition coefficient (Wildman–Crippen LogP) is 2.36. The molecule has 1 aliphatic heterocycles. The summed E-state index contributed by atoms with van der Waals surface area (Å²) in [5, 5.41) is 3.81. The number of ether oxygens (including phenoxy) is 1. The van der Waals surface area contributed by atoms with Crippen LogP contribution in [0.1, 0.15) is 62.9 Å². The summed E-state index contributed by atoms with van der Waals surface area (Å²) in [6.45, 7) is 6.69. The van der Waals surface area contributed by atoms with Crippen molar-refractivity contribution < 1.29 is 27.3 Å². The molecule has 0 N–H and O–H groups in total. The van der Waals surface area contributed by atoms with Gasteiger partial charge < -0.3 is 13.8 Å². The van der Waals surface area contributed by atoms with E-state index in [0.29, 0.717) is 35.6 Å². The minimum Gasteiger partial charge on any atom is -0.454 e. The summed E-state index contributed by atoms with van der Waals surface area (Å²) >= 11 is 0. The Morgan fingerprint density at radius 1 is 1.32 bits per heavy atom. The number of nitrogens with zero attached hydrogens (tertiary/aromatic N) is 2. The second-order valence-corrected chi connectivity index (χ2v) is 9.35. The third kappa shape index (κ3) is 3.76. The van der Waals surface area contributed by atoms with Crippen LogP contribution in [0.5, 0.6) is 0 Å². The van der Waals surface area contributed by atoms with Crippen molar-refractivity contribution in [3.05, 3.63) is 40.0 Å². The smallest absolute Gasteiger partial charge is 0.344 e. The van der Waals surface area contributed by atoms with Gasteiger partial charge in [0, 0.05) is 23.0 Å². The highest BCUT2D eigenvalue weighted by atomic mass is 32.2. The fraction of sp³-hybridized carbons (Fsp3) is 0.526. The van der Waals surface area contributed by atoms with Crippen molar-refractivity contribution in [1.82, 2.24) is 9.72 Å². The maximum atomic E-state index is 12.6. The van der Waals surface area contributed by atoms with Crippen molar-refractivity contribution in [2.24, 2.45) is 0 Å². The van der Waals surface area contributed by atoms with E-state index in [1.54, 1.807) is 19.9 Å². The highest BCUT2D eigenvalue weighted by Crippen LogP contribution is 2.29. The van der Waals surface area contributed by atoms with Crippen LogP contribution in [0.4, 0.5) is 0 Å². The quantitative estimate of drug-likeness (QED) is 0.533. The molecule has 0 amide bonds. The molecule has 0 spiro atoms. The molecule has 8 nitrogen and oxygen atoms in total. The van der Waals surface area contributed by atoms with Crippen LogP contribution in [0.2, 0.25) is 0 Å². The molecule has 0 radical (unpaired) electrons. The number of carbonyl (C=O) groups excluding carboxylic acids is 2. The molecule has 0 bridgehead atoms. The molecule has 0 aliphatic carbocycles. The Hall–Kier alpha value is -2.42. The number of hydrogen-bond donors (Lipinski definition) is 0. The monoisotopic (exact) mass is 408 g/mol. The summed E-state index contributed by atoms with van der Waals surface area (Å²) in [7, 11) is -3.04. The molecular formula is C19H24N2O6S. The standard InChI is InChI=1S/C19H24N2O6S/c1-5-16-18(13(4)27-20-16)19(23)26-9-17(22)15-8-11(2)21(12(15)3)14-6-7-28(24,25)10-14/h8,14H,5-7,9-10H2,1-4H3/t14-/m0/s1. The van der Waals surface area contributed by atoms with Crippen LogP contribution < -0.4 is 0 Å². The Balaban J connectivity index is 1.74. The van der Waals surface area contributed by atoms with Gasteiger partial charge in [0.1, 0.15) is 11.3 Å². The molecule has 1 saturated heterocycles. The Morgan fingerprint density at radius 3 is 2.64 bits per heavy atom. The van der Waals surface area contributed by atoms with Gasteiger partial charge in [-0.2, -0.15) is 0 Å². The zero-order valence-corrected chi connectivity index (χ0v) is 17.3. The number of hydrogen-bond acceptors (Lipinski definition) is 7. The zero-order valence-electron chi connectivity index (χ0n) is 16.4. The van der Waals surface area contributed by atoms with Gasteiger partial charge in [-0.1, -0.05) is 12.1 Å². The molecule has 0 aromatic carbocycles. The minimum atomic E-state index is -3.04. The largest absolute Gasteiger partial charge is 0.454 e. The van der Waals surface area contributed by atoms with Crippen LogP contribution in [0.15, 0.2) is 10.6 Å². The van der Waals surface area contributed by atoms with Crippen LogP contribution in [-0.2, 0) is 21.0 Å². The first-order chi connectivity index (χ1) is 13.1.